The van der Waals surface area contributed by atoms with Crippen LogP contribution in [-0.2, 0) is 4.79 Å². The van der Waals surface area contributed by atoms with Gasteiger partial charge in [-0.05, 0) is 38.0 Å². The van der Waals surface area contributed by atoms with Crippen LogP contribution in [0.2, 0.25) is 0 Å². The van der Waals surface area contributed by atoms with Gasteiger partial charge in [-0.2, -0.15) is 0 Å². The quantitative estimate of drug-likeness (QED) is 0.813. The molecule has 1 rings (SSSR count). The zero-order chi connectivity index (χ0) is 13.5. The fourth-order valence-corrected chi connectivity index (χ4v) is 1.68. The van der Waals surface area contributed by atoms with Crippen LogP contribution in [0.25, 0.3) is 0 Å². The summed E-state index contributed by atoms with van der Waals surface area (Å²) < 4.78 is 5.09. The van der Waals surface area contributed by atoms with Crippen molar-refractivity contribution in [1.82, 2.24) is 5.32 Å². The molecule has 0 spiro atoms. The van der Waals surface area contributed by atoms with Crippen LogP contribution in [0.1, 0.15) is 38.4 Å². The third-order valence-electron chi connectivity index (χ3n) is 2.57. The van der Waals surface area contributed by atoms with Gasteiger partial charge in [-0.1, -0.05) is 12.1 Å². The summed E-state index contributed by atoms with van der Waals surface area (Å²) in [5, 5.41) is 12.8. The predicted octanol–water partition coefficient (Wildman–Crippen LogP) is 2.03. The summed E-state index contributed by atoms with van der Waals surface area (Å²) >= 11 is 0. The van der Waals surface area contributed by atoms with Crippen LogP contribution in [0.4, 0.5) is 0 Å². The molecule has 100 valence electrons. The number of nitrogens with one attached hydrogen (secondary N) is 1. The molecule has 4 nitrogen and oxygen atoms in total. The van der Waals surface area contributed by atoms with Gasteiger partial charge in [-0.15, -0.1) is 0 Å². The van der Waals surface area contributed by atoms with Crippen molar-refractivity contribution in [2.24, 2.45) is 0 Å². The molecule has 0 aliphatic heterocycles. The van der Waals surface area contributed by atoms with Gasteiger partial charge in [0, 0.05) is 12.5 Å². The van der Waals surface area contributed by atoms with E-state index in [1.165, 1.54) is 0 Å². The summed E-state index contributed by atoms with van der Waals surface area (Å²) in [4.78, 5) is 11.5. The Morgan fingerprint density at radius 1 is 1.44 bits per heavy atom. The molecule has 2 N–H and O–H groups in total. The molecule has 1 atom stereocenters. The molecule has 0 radical (unpaired) electrons. The minimum Gasteiger partial charge on any atom is -0.497 e. The summed E-state index contributed by atoms with van der Waals surface area (Å²) in [6.07, 6.45) is 0.0838. The number of rotatable bonds is 6. The van der Waals surface area contributed by atoms with E-state index in [0.717, 1.165) is 5.56 Å². The number of hydrogen-bond acceptors (Lipinski definition) is 3. The molecular formula is C14H21NO3. The first-order valence-electron chi connectivity index (χ1n) is 6.14. The first kappa shape index (κ1) is 14.5. The molecule has 0 aromatic heterocycles. The van der Waals surface area contributed by atoms with Crippen molar-refractivity contribution in [3.05, 3.63) is 29.8 Å². The van der Waals surface area contributed by atoms with E-state index >= 15 is 0 Å². The molecule has 0 saturated heterocycles. The minimum atomic E-state index is -0.641. The van der Waals surface area contributed by atoms with E-state index in [1.807, 2.05) is 32.0 Å². The Morgan fingerprint density at radius 3 is 2.78 bits per heavy atom. The fraction of sp³-hybridized carbons (Fsp3) is 0.500. The highest BCUT2D eigenvalue weighted by Crippen LogP contribution is 2.22. The predicted molar refractivity (Wildman–Crippen MR) is 70.5 cm³/mol. The molecule has 0 bridgehead atoms. The lowest BCUT2D eigenvalue weighted by atomic mass is 10.0. The van der Waals surface area contributed by atoms with Gasteiger partial charge in [0.1, 0.15) is 5.75 Å². The molecule has 0 saturated carbocycles. The second kappa shape index (κ2) is 7.01. The van der Waals surface area contributed by atoms with Gasteiger partial charge in [0.15, 0.2) is 0 Å². The van der Waals surface area contributed by atoms with Crippen LogP contribution in [0.5, 0.6) is 5.75 Å². The smallest absolute Gasteiger partial charge is 0.220 e. The van der Waals surface area contributed by atoms with Crippen LogP contribution < -0.4 is 10.1 Å². The number of amides is 1. The number of methoxy groups -OCH3 is 1. The summed E-state index contributed by atoms with van der Waals surface area (Å²) in [5.74, 6) is 0.671. The molecule has 0 heterocycles. The van der Waals surface area contributed by atoms with Crippen molar-refractivity contribution in [2.75, 3.05) is 7.11 Å². The van der Waals surface area contributed by atoms with Crippen molar-refractivity contribution in [3.63, 3.8) is 0 Å². The number of ether oxygens (including phenoxy) is 1. The van der Waals surface area contributed by atoms with E-state index in [1.54, 1.807) is 13.2 Å². The molecule has 0 aliphatic carbocycles. The zero-order valence-corrected chi connectivity index (χ0v) is 11.1. The van der Waals surface area contributed by atoms with Gasteiger partial charge in [0.25, 0.3) is 0 Å². The summed E-state index contributed by atoms with van der Waals surface area (Å²) in [7, 11) is 1.58. The Bertz CT molecular complexity index is 390. The van der Waals surface area contributed by atoms with Gasteiger partial charge in [0.2, 0.25) is 5.91 Å². The second-order valence-corrected chi connectivity index (χ2v) is 4.55. The number of aliphatic hydroxyl groups excluding tert-OH is 1. The highest BCUT2D eigenvalue weighted by Gasteiger charge is 2.11. The van der Waals surface area contributed by atoms with Crippen LogP contribution in [0, 0.1) is 0 Å². The van der Waals surface area contributed by atoms with Gasteiger partial charge in [-0.3, -0.25) is 4.79 Å². The van der Waals surface area contributed by atoms with Gasteiger partial charge in [0.05, 0.1) is 13.2 Å². The van der Waals surface area contributed by atoms with E-state index in [2.05, 4.69) is 5.32 Å². The van der Waals surface area contributed by atoms with Crippen molar-refractivity contribution in [2.45, 2.75) is 38.8 Å². The van der Waals surface area contributed by atoms with Crippen LogP contribution in [-0.4, -0.2) is 24.2 Å². The van der Waals surface area contributed by atoms with Crippen molar-refractivity contribution >= 4 is 5.91 Å². The fourth-order valence-electron chi connectivity index (χ4n) is 1.68. The third kappa shape index (κ3) is 4.75. The Hall–Kier alpha value is -1.55. The lowest BCUT2D eigenvalue weighted by Gasteiger charge is -2.13. The molecule has 0 fully saturated rings. The maximum atomic E-state index is 11.5. The largest absolute Gasteiger partial charge is 0.497 e. The first-order chi connectivity index (χ1) is 8.52. The van der Waals surface area contributed by atoms with Crippen molar-refractivity contribution in [3.8, 4) is 5.75 Å². The molecular weight excluding hydrogens is 230 g/mol. The normalized spacial score (nSPS) is 12.3. The highest BCUT2D eigenvalue weighted by atomic mass is 16.5. The molecule has 4 heteroatoms. The molecule has 1 unspecified atom stereocenters. The van der Waals surface area contributed by atoms with Gasteiger partial charge in [-0.25, -0.2) is 0 Å². The topological polar surface area (TPSA) is 58.6 Å². The number of carbonyl (C=O) groups excluding carboxylic acids is 1. The van der Waals surface area contributed by atoms with E-state index in [4.69, 9.17) is 4.74 Å². The van der Waals surface area contributed by atoms with Crippen molar-refractivity contribution < 1.29 is 14.6 Å². The van der Waals surface area contributed by atoms with Crippen LogP contribution >= 0.6 is 0 Å². The lowest BCUT2D eigenvalue weighted by Crippen LogP contribution is -2.30. The monoisotopic (exact) mass is 251 g/mol. The van der Waals surface area contributed by atoms with E-state index in [-0.39, 0.29) is 11.9 Å². The summed E-state index contributed by atoms with van der Waals surface area (Å²) in [6, 6.07) is 7.39. The average Bonchev–Trinajstić information content (AvgIpc) is 2.35. The Labute approximate surface area is 108 Å². The molecule has 18 heavy (non-hydrogen) atoms. The standard InChI is InChI=1S/C14H21NO3/c1-10(2)15-14(17)8-7-13(16)11-5-4-6-12(9-11)18-3/h4-6,9-10,13,16H,7-8H2,1-3H3,(H,15,17). The first-order valence-corrected chi connectivity index (χ1v) is 6.14. The second-order valence-electron chi connectivity index (χ2n) is 4.55. The number of hydrogen-bond donors (Lipinski definition) is 2. The van der Waals surface area contributed by atoms with Crippen LogP contribution in [0.15, 0.2) is 24.3 Å². The SMILES string of the molecule is COc1cccc(C(O)CCC(=O)NC(C)C)c1. The van der Waals surface area contributed by atoms with Crippen molar-refractivity contribution in [1.29, 1.82) is 0 Å². The number of benzene rings is 1. The zero-order valence-electron chi connectivity index (χ0n) is 11.1. The Balaban J connectivity index is 2.49. The Kier molecular flexibility index (Phi) is 5.65. The average molecular weight is 251 g/mol. The minimum absolute atomic E-state index is 0.0352. The maximum Gasteiger partial charge on any atom is 0.220 e. The van der Waals surface area contributed by atoms with E-state index in [9.17, 15) is 9.90 Å². The lowest BCUT2D eigenvalue weighted by molar-refractivity contribution is -0.122. The molecule has 1 aromatic rings. The number of aliphatic hydroxyl groups is 1. The Morgan fingerprint density at radius 2 is 2.17 bits per heavy atom. The highest BCUT2D eigenvalue weighted by molar-refractivity contribution is 5.76. The third-order valence-corrected chi connectivity index (χ3v) is 2.57. The summed E-state index contributed by atoms with van der Waals surface area (Å²) in [5.41, 5.74) is 0.770. The molecule has 1 aromatic carbocycles. The molecule has 1 amide bonds. The summed E-state index contributed by atoms with van der Waals surface area (Å²) in [6.45, 7) is 3.83. The molecule has 0 aliphatic rings. The van der Waals surface area contributed by atoms with E-state index in [0.29, 0.717) is 18.6 Å². The maximum absolute atomic E-state index is 11.5. The number of carbonyl (C=O) groups is 1. The van der Waals surface area contributed by atoms with Crippen LogP contribution in [0.3, 0.4) is 0 Å². The van der Waals surface area contributed by atoms with Gasteiger partial charge < -0.3 is 15.2 Å². The van der Waals surface area contributed by atoms with Gasteiger partial charge >= 0.3 is 0 Å². The van der Waals surface area contributed by atoms with E-state index < -0.39 is 6.10 Å².